The van der Waals surface area contributed by atoms with Crippen molar-refractivity contribution < 1.29 is 0 Å². The zero-order chi connectivity index (χ0) is 16.8. The summed E-state index contributed by atoms with van der Waals surface area (Å²) in [6.45, 7) is 7.38. The number of nitrogens with one attached hydrogen (secondary N) is 2. The van der Waals surface area contributed by atoms with E-state index in [0.717, 1.165) is 38.7 Å². The van der Waals surface area contributed by atoms with E-state index in [1.165, 1.54) is 16.9 Å². The highest BCUT2D eigenvalue weighted by atomic mass is 32.1. The van der Waals surface area contributed by atoms with Crippen LogP contribution in [0.2, 0.25) is 0 Å². The number of nitrogens with zero attached hydrogens (tertiary/aromatic N) is 2. The average Bonchev–Trinajstić information content (AvgIpc) is 3.28. The first kappa shape index (κ1) is 17.5. The van der Waals surface area contributed by atoms with Gasteiger partial charge in [-0.15, -0.1) is 22.7 Å². The molecule has 0 bridgehead atoms. The molecule has 1 aliphatic heterocycles. The molecule has 4 nitrogen and oxygen atoms in total. The van der Waals surface area contributed by atoms with Crippen LogP contribution in [0, 0.1) is 0 Å². The number of aliphatic imine (C=N–C) groups is 1. The Kier molecular flexibility index (Phi) is 6.29. The quantitative estimate of drug-likeness (QED) is 0.613. The summed E-state index contributed by atoms with van der Waals surface area (Å²) in [4.78, 5) is 9.83. The lowest BCUT2D eigenvalue weighted by Crippen LogP contribution is -2.43. The molecule has 1 aliphatic rings. The van der Waals surface area contributed by atoms with Crippen LogP contribution in [0.3, 0.4) is 0 Å². The fourth-order valence-corrected chi connectivity index (χ4v) is 4.65. The van der Waals surface area contributed by atoms with Gasteiger partial charge in [0.2, 0.25) is 0 Å². The van der Waals surface area contributed by atoms with E-state index in [0.29, 0.717) is 5.92 Å². The molecule has 2 aromatic heterocycles. The molecule has 130 valence electrons. The van der Waals surface area contributed by atoms with Gasteiger partial charge in [0.15, 0.2) is 5.96 Å². The predicted octanol–water partition coefficient (Wildman–Crippen LogP) is 3.14. The van der Waals surface area contributed by atoms with Crippen molar-refractivity contribution in [1.82, 2.24) is 15.5 Å². The molecule has 3 heterocycles. The van der Waals surface area contributed by atoms with Crippen LogP contribution in [-0.4, -0.2) is 44.1 Å². The van der Waals surface area contributed by atoms with Gasteiger partial charge < -0.3 is 10.6 Å². The molecule has 1 atom stereocenters. The molecule has 0 saturated heterocycles. The van der Waals surface area contributed by atoms with E-state index in [9.17, 15) is 0 Å². The lowest BCUT2D eigenvalue weighted by atomic mass is 10.1. The van der Waals surface area contributed by atoms with E-state index in [2.05, 4.69) is 56.4 Å². The molecule has 0 radical (unpaired) electrons. The van der Waals surface area contributed by atoms with Gasteiger partial charge in [0.25, 0.3) is 0 Å². The summed E-state index contributed by atoms with van der Waals surface area (Å²) in [5.41, 5.74) is 1.51. The van der Waals surface area contributed by atoms with Gasteiger partial charge in [-0.2, -0.15) is 0 Å². The molecular formula is C18H26N4S2. The predicted molar refractivity (Wildman–Crippen MR) is 105 cm³/mol. The van der Waals surface area contributed by atoms with E-state index >= 15 is 0 Å². The average molecular weight is 363 g/mol. The van der Waals surface area contributed by atoms with E-state index in [1.807, 2.05) is 29.7 Å². The van der Waals surface area contributed by atoms with Crippen LogP contribution in [0.5, 0.6) is 0 Å². The fraction of sp³-hybridized carbons (Fsp3) is 0.500. The van der Waals surface area contributed by atoms with Crippen LogP contribution in [0.15, 0.2) is 34.0 Å². The van der Waals surface area contributed by atoms with Crippen LogP contribution in [0.25, 0.3) is 0 Å². The summed E-state index contributed by atoms with van der Waals surface area (Å²) in [5.74, 6) is 1.40. The minimum absolute atomic E-state index is 0.502. The van der Waals surface area contributed by atoms with E-state index < -0.39 is 0 Å². The van der Waals surface area contributed by atoms with Crippen LogP contribution >= 0.6 is 22.7 Å². The maximum absolute atomic E-state index is 4.33. The van der Waals surface area contributed by atoms with Crippen LogP contribution < -0.4 is 10.6 Å². The Hall–Kier alpha value is -1.37. The lowest BCUT2D eigenvalue weighted by molar-refractivity contribution is 0.260. The molecule has 3 rings (SSSR count). The van der Waals surface area contributed by atoms with Gasteiger partial charge >= 0.3 is 0 Å². The van der Waals surface area contributed by atoms with E-state index in [4.69, 9.17) is 0 Å². The molecule has 1 unspecified atom stereocenters. The number of guanidine groups is 1. The van der Waals surface area contributed by atoms with Crippen molar-refractivity contribution in [2.75, 3.05) is 33.2 Å². The summed E-state index contributed by atoms with van der Waals surface area (Å²) in [6, 6.07) is 6.58. The largest absolute Gasteiger partial charge is 0.356 e. The van der Waals surface area contributed by atoms with Gasteiger partial charge in [-0.25, -0.2) is 0 Å². The zero-order valence-electron chi connectivity index (χ0n) is 14.4. The molecule has 0 fully saturated rings. The van der Waals surface area contributed by atoms with Crippen molar-refractivity contribution in [1.29, 1.82) is 0 Å². The molecule has 0 saturated carbocycles. The minimum atomic E-state index is 0.502. The second-order valence-electron chi connectivity index (χ2n) is 6.19. The first-order valence-corrected chi connectivity index (χ1v) is 10.3. The van der Waals surface area contributed by atoms with Gasteiger partial charge in [0.1, 0.15) is 0 Å². The number of hydrogen-bond acceptors (Lipinski definition) is 4. The standard InChI is InChI=1S/C18H26N4S2/c1-14(16-4-3-10-23-16)12-21-18(19-2)20-7-9-22-8-5-17-15(13-22)6-11-24-17/h3-4,6,10-11,14H,5,7-9,12-13H2,1-2H3,(H2,19,20,21). The second-order valence-corrected chi connectivity index (χ2v) is 8.17. The number of hydrogen-bond donors (Lipinski definition) is 2. The van der Waals surface area contributed by atoms with Crippen LogP contribution in [-0.2, 0) is 13.0 Å². The molecular weight excluding hydrogens is 336 g/mol. The third-order valence-corrected chi connectivity index (χ3v) is 6.56. The van der Waals surface area contributed by atoms with Gasteiger partial charge in [-0.05, 0) is 34.9 Å². The number of fused-ring (bicyclic) bond motifs is 1. The summed E-state index contributed by atoms with van der Waals surface area (Å²) < 4.78 is 0. The van der Waals surface area contributed by atoms with Crippen LogP contribution in [0.4, 0.5) is 0 Å². The Morgan fingerprint density at radius 2 is 2.21 bits per heavy atom. The number of rotatable bonds is 6. The smallest absolute Gasteiger partial charge is 0.191 e. The SMILES string of the molecule is CN=C(NCCN1CCc2sccc2C1)NCC(C)c1cccs1. The maximum Gasteiger partial charge on any atom is 0.191 e. The highest BCUT2D eigenvalue weighted by molar-refractivity contribution is 7.10. The van der Waals surface area contributed by atoms with Crippen molar-refractivity contribution in [3.8, 4) is 0 Å². The van der Waals surface area contributed by atoms with Crippen molar-refractivity contribution in [3.05, 3.63) is 44.3 Å². The summed E-state index contributed by atoms with van der Waals surface area (Å²) in [7, 11) is 1.84. The van der Waals surface area contributed by atoms with Crippen molar-refractivity contribution in [2.24, 2.45) is 4.99 Å². The second kappa shape index (κ2) is 8.65. The van der Waals surface area contributed by atoms with E-state index in [-0.39, 0.29) is 0 Å². The Morgan fingerprint density at radius 1 is 1.29 bits per heavy atom. The third-order valence-electron chi connectivity index (χ3n) is 4.44. The summed E-state index contributed by atoms with van der Waals surface area (Å²) in [5, 5.41) is 11.2. The molecule has 2 N–H and O–H groups in total. The normalized spacial score (nSPS) is 16.7. The highest BCUT2D eigenvalue weighted by Gasteiger charge is 2.16. The Morgan fingerprint density at radius 3 is 3.00 bits per heavy atom. The lowest BCUT2D eigenvalue weighted by Gasteiger charge is -2.27. The Bertz CT molecular complexity index is 648. The molecule has 0 aliphatic carbocycles. The summed E-state index contributed by atoms with van der Waals surface area (Å²) >= 11 is 3.71. The third kappa shape index (κ3) is 4.59. The van der Waals surface area contributed by atoms with E-state index in [1.54, 1.807) is 4.88 Å². The van der Waals surface area contributed by atoms with Gasteiger partial charge in [0.05, 0.1) is 0 Å². The fourth-order valence-electron chi connectivity index (χ4n) is 2.97. The minimum Gasteiger partial charge on any atom is -0.356 e. The maximum atomic E-state index is 4.33. The molecule has 2 aromatic rings. The molecule has 0 amide bonds. The summed E-state index contributed by atoms with van der Waals surface area (Å²) in [6.07, 6.45) is 1.19. The monoisotopic (exact) mass is 362 g/mol. The van der Waals surface area contributed by atoms with Gasteiger partial charge in [-0.3, -0.25) is 9.89 Å². The first-order chi connectivity index (χ1) is 11.8. The first-order valence-electron chi connectivity index (χ1n) is 8.51. The molecule has 24 heavy (non-hydrogen) atoms. The van der Waals surface area contributed by atoms with Crippen molar-refractivity contribution in [2.45, 2.75) is 25.8 Å². The highest BCUT2D eigenvalue weighted by Crippen LogP contribution is 2.23. The zero-order valence-corrected chi connectivity index (χ0v) is 16.1. The van der Waals surface area contributed by atoms with Gasteiger partial charge in [0, 0.05) is 55.4 Å². The molecule has 6 heteroatoms. The Labute approximate surface area is 152 Å². The topological polar surface area (TPSA) is 39.7 Å². The van der Waals surface area contributed by atoms with Crippen molar-refractivity contribution >= 4 is 28.6 Å². The van der Waals surface area contributed by atoms with Crippen LogP contribution in [0.1, 0.15) is 28.2 Å². The van der Waals surface area contributed by atoms with Crippen molar-refractivity contribution in [3.63, 3.8) is 0 Å². The van der Waals surface area contributed by atoms with Gasteiger partial charge in [-0.1, -0.05) is 13.0 Å². The Balaban J connectivity index is 1.37. The number of thiophene rings is 2. The molecule has 0 spiro atoms. The molecule has 0 aromatic carbocycles.